The molecule has 0 aliphatic carbocycles. The van der Waals surface area contributed by atoms with Crippen LogP contribution in [-0.2, 0) is 21.0 Å². The van der Waals surface area contributed by atoms with Crippen LogP contribution in [0.4, 0.5) is 0 Å². The predicted molar refractivity (Wildman–Crippen MR) is 57.3 cm³/mol. The van der Waals surface area contributed by atoms with E-state index in [0.717, 1.165) is 11.8 Å². The molecule has 1 aromatic rings. The molecule has 1 rings (SSSR count). The molecule has 0 aromatic heterocycles. The Bertz CT molecular complexity index is 271. The quantitative estimate of drug-likeness (QED) is 0.297. The van der Waals surface area contributed by atoms with Crippen LogP contribution in [0.2, 0.25) is 0 Å². The molecule has 0 aliphatic rings. The van der Waals surface area contributed by atoms with Crippen LogP contribution in [0.5, 0.6) is 0 Å². The number of carbonyl (C=O) groups excluding carboxylic acids is 1. The summed E-state index contributed by atoms with van der Waals surface area (Å²) in [4.78, 5) is 20.4. The fourth-order valence-electron chi connectivity index (χ4n) is 1.28. The lowest BCUT2D eigenvalue weighted by atomic mass is 10.0. The molecular formula is C12H16O3. The Hall–Kier alpha value is -1.19. The number of carbonyl (C=O) groups is 1. The van der Waals surface area contributed by atoms with E-state index in [4.69, 9.17) is 9.78 Å². The normalized spacial score (nSPS) is 12.3. The first-order chi connectivity index (χ1) is 7.36. The van der Waals surface area contributed by atoms with Crippen LogP contribution in [0.25, 0.3) is 0 Å². The first-order valence-electron chi connectivity index (χ1n) is 5.10. The fourth-order valence-corrected chi connectivity index (χ4v) is 1.28. The molecule has 1 aromatic carbocycles. The Morgan fingerprint density at radius 3 is 2.60 bits per heavy atom. The van der Waals surface area contributed by atoms with Crippen LogP contribution >= 0.6 is 0 Å². The second-order valence-corrected chi connectivity index (χ2v) is 3.28. The Morgan fingerprint density at radius 1 is 1.27 bits per heavy atom. The molecule has 15 heavy (non-hydrogen) atoms. The van der Waals surface area contributed by atoms with Gasteiger partial charge in [0.05, 0.1) is 13.2 Å². The Kier molecular flexibility index (Phi) is 5.66. The van der Waals surface area contributed by atoms with Crippen LogP contribution in [0.1, 0.15) is 12.5 Å². The second kappa shape index (κ2) is 7.15. The maximum absolute atomic E-state index is 10.8. The van der Waals surface area contributed by atoms with Crippen molar-refractivity contribution in [2.24, 2.45) is 5.92 Å². The van der Waals surface area contributed by atoms with Gasteiger partial charge in [-0.25, -0.2) is 9.78 Å². The Balaban J connectivity index is 2.37. The summed E-state index contributed by atoms with van der Waals surface area (Å²) in [6, 6.07) is 9.87. The van der Waals surface area contributed by atoms with Crippen molar-refractivity contribution >= 4 is 6.29 Å². The summed E-state index contributed by atoms with van der Waals surface area (Å²) >= 11 is 0. The van der Waals surface area contributed by atoms with Gasteiger partial charge in [0.1, 0.15) is 6.29 Å². The number of benzene rings is 1. The molecular weight excluding hydrogens is 192 g/mol. The monoisotopic (exact) mass is 208 g/mol. The highest BCUT2D eigenvalue weighted by Gasteiger charge is 2.08. The lowest BCUT2D eigenvalue weighted by Crippen LogP contribution is -2.14. The van der Waals surface area contributed by atoms with Gasteiger partial charge in [0.15, 0.2) is 0 Å². The van der Waals surface area contributed by atoms with Gasteiger partial charge in [0.25, 0.3) is 0 Å². The highest BCUT2D eigenvalue weighted by atomic mass is 17.2. The van der Waals surface area contributed by atoms with Gasteiger partial charge in [-0.05, 0) is 18.9 Å². The highest BCUT2D eigenvalue weighted by Crippen LogP contribution is 2.07. The van der Waals surface area contributed by atoms with Crippen molar-refractivity contribution in [3.8, 4) is 0 Å². The minimum atomic E-state index is -0.140. The maximum Gasteiger partial charge on any atom is 0.125 e. The van der Waals surface area contributed by atoms with Crippen LogP contribution in [0.15, 0.2) is 30.3 Å². The summed E-state index contributed by atoms with van der Waals surface area (Å²) in [6.07, 6.45) is 1.60. The van der Waals surface area contributed by atoms with E-state index in [-0.39, 0.29) is 5.92 Å². The van der Waals surface area contributed by atoms with Gasteiger partial charge in [-0.3, -0.25) is 0 Å². The summed E-state index contributed by atoms with van der Waals surface area (Å²) in [5, 5.41) is 0. The van der Waals surface area contributed by atoms with E-state index in [9.17, 15) is 4.79 Å². The van der Waals surface area contributed by atoms with E-state index in [0.29, 0.717) is 19.6 Å². The summed E-state index contributed by atoms with van der Waals surface area (Å²) in [5.74, 6) is -0.140. The van der Waals surface area contributed by atoms with Crippen molar-refractivity contribution in [1.29, 1.82) is 0 Å². The molecule has 0 heterocycles. The van der Waals surface area contributed by atoms with Crippen molar-refractivity contribution in [2.75, 3.05) is 13.2 Å². The summed E-state index contributed by atoms with van der Waals surface area (Å²) in [5.41, 5.74) is 1.13. The number of rotatable bonds is 7. The maximum atomic E-state index is 10.8. The third-order valence-electron chi connectivity index (χ3n) is 2.02. The van der Waals surface area contributed by atoms with Crippen molar-refractivity contribution in [3.63, 3.8) is 0 Å². The van der Waals surface area contributed by atoms with Crippen molar-refractivity contribution < 1.29 is 14.6 Å². The average molecular weight is 208 g/mol. The molecule has 82 valence electrons. The first kappa shape index (κ1) is 11.9. The smallest absolute Gasteiger partial charge is 0.125 e. The lowest BCUT2D eigenvalue weighted by Gasteiger charge is -2.09. The molecule has 0 fully saturated rings. The van der Waals surface area contributed by atoms with E-state index in [1.54, 1.807) is 0 Å². The van der Waals surface area contributed by atoms with E-state index < -0.39 is 0 Å². The summed E-state index contributed by atoms with van der Waals surface area (Å²) in [6.45, 7) is 2.65. The third-order valence-corrected chi connectivity index (χ3v) is 2.02. The number of aldehydes is 1. The Morgan fingerprint density at radius 2 is 2.00 bits per heavy atom. The Labute approximate surface area is 89.9 Å². The predicted octanol–water partition coefficient (Wildman–Crippen LogP) is 2.01. The van der Waals surface area contributed by atoms with Gasteiger partial charge in [-0.15, -0.1) is 0 Å². The average Bonchev–Trinajstić information content (AvgIpc) is 2.29. The zero-order valence-electron chi connectivity index (χ0n) is 8.89. The molecule has 0 saturated heterocycles. The van der Waals surface area contributed by atoms with Gasteiger partial charge in [-0.1, -0.05) is 30.3 Å². The van der Waals surface area contributed by atoms with Crippen molar-refractivity contribution in [3.05, 3.63) is 35.9 Å². The van der Waals surface area contributed by atoms with E-state index in [1.807, 2.05) is 37.3 Å². The largest absolute Gasteiger partial charge is 0.303 e. The zero-order valence-corrected chi connectivity index (χ0v) is 8.89. The third kappa shape index (κ3) is 4.72. The molecule has 0 amide bonds. The molecule has 1 unspecified atom stereocenters. The van der Waals surface area contributed by atoms with Gasteiger partial charge in [-0.2, -0.15) is 0 Å². The van der Waals surface area contributed by atoms with E-state index in [1.165, 1.54) is 0 Å². The van der Waals surface area contributed by atoms with Gasteiger partial charge < -0.3 is 4.79 Å². The number of hydrogen-bond donors (Lipinski definition) is 0. The van der Waals surface area contributed by atoms with E-state index >= 15 is 0 Å². The minimum absolute atomic E-state index is 0.140. The zero-order chi connectivity index (χ0) is 10.9. The second-order valence-electron chi connectivity index (χ2n) is 3.28. The minimum Gasteiger partial charge on any atom is -0.303 e. The molecule has 0 saturated carbocycles. The molecule has 0 spiro atoms. The van der Waals surface area contributed by atoms with Crippen molar-refractivity contribution in [2.45, 2.75) is 13.3 Å². The molecule has 3 heteroatoms. The van der Waals surface area contributed by atoms with Gasteiger partial charge in [0.2, 0.25) is 0 Å². The topological polar surface area (TPSA) is 35.5 Å². The van der Waals surface area contributed by atoms with Crippen LogP contribution in [0.3, 0.4) is 0 Å². The molecule has 0 bridgehead atoms. The van der Waals surface area contributed by atoms with Crippen molar-refractivity contribution in [1.82, 2.24) is 0 Å². The fraction of sp³-hybridized carbons (Fsp3) is 0.417. The van der Waals surface area contributed by atoms with Gasteiger partial charge in [0, 0.05) is 5.92 Å². The summed E-state index contributed by atoms with van der Waals surface area (Å²) in [7, 11) is 0. The first-order valence-corrected chi connectivity index (χ1v) is 5.10. The van der Waals surface area contributed by atoms with Crippen LogP contribution in [0, 0.1) is 5.92 Å². The van der Waals surface area contributed by atoms with Gasteiger partial charge >= 0.3 is 0 Å². The standard InChI is InChI=1S/C12H16O3/c1-2-14-15-10-12(9-13)8-11-6-4-3-5-7-11/h3-7,9,12H,2,8,10H2,1H3. The lowest BCUT2D eigenvalue weighted by molar-refractivity contribution is -0.295. The SMILES string of the molecule is CCOOCC(C=O)Cc1ccccc1. The van der Waals surface area contributed by atoms with E-state index in [2.05, 4.69) is 0 Å². The number of hydrogen-bond acceptors (Lipinski definition) is 3. The summed E-state index contributed by atoms with van der Waals surface area (Å²) < 4.78 is 0. The highest BCUT2D eigenvalue weighted by molar-refractivity contribution is 5.54. The molecule has 0 aliphatic heterocycles. The molecule has 1 atom stereocenters. The van der Waals surface area contributed by atoms with Crippen LogP contribution < -0.4 is 0 Å². The molecule has 0 N–H and O–H groups in total. The molecule has 0 radical (unpaired) electrons. The molecule has 3 nitrogen and oxygen atoms in total. The van der Waals surface area contributed by atoms with Crippen LogP contribution in [-0.4, -0.2) is 19.5 Å².